The average molecular weight is 552 g/mol. The van der Waals surface area contributed by atoms with Gasteiger partial charge in [-0.15, -0.1) is 12.4 Å². The molecular formula is C27H32ClF6NO2. The maximum atomic E-state index is 13.4. The van der Waals surface area contributed by atoms with Gasteiger partial charge in [0.2, 0.25) is 0 Å². The molecule has 0 N–H and O–H groups in total. The lowest BCUT2D eigenvalue weighted by atomic mass is 9.81. The molecule has 0 aromatic heterocycles. The number of halogens is 7. The van der Waals surface area contributed by atoms with E-state index >= 15 is 0 Å². The molecule has 10 heteroatoms. The van der Waals surface area contributed by atoms with Crippen LogP contribution in [0.4, 0.5) is 26.3 Å². The van der Waals surface area contributed by atoms with E-state index in [1.54, 1.807) is 0 Å². The number of piperidine rings is 1. The molecule has 2 aromatic carbocycles. The van der Waals surface area contributed by atoms with Crippen molar-refractivity contribution in [3.63, 3.8) is 0 Å². The third-order valence-electron chi connectivity index (χ3n) is 7.12. The third kappa shape index (κ3) is 7.62. The fraction of sp³-hybridized carbons (Fsp3) is 0.556. The molecule has 0 spiro atoms. The predicted octanol–water partition coefficient (Wildman–Crippen LogP) is 7.86. The zero-order valence-electron chi connectivity index (χ0n) is 20.5. The Morgan fingerprint density at radius 2 is 1.51 bits per heavy atom. The molecule has 2 heterocycles. The average Bonchev–Trinajstić information content (AvgIpc) is 2.84. The lowest BCUT2D eigenvalue weighted by molar-refractivity contribution is -0.210. The fourth-order valence-electron chi connectivity index (χ4n) is 5.24. The van der Waals surface area contributed by atoms with Crippen LogP contribution in [0.2, 0.25) is 0 Å². The Morgan fingerprint density at radius 3 is 2.08 bits per heavy atom. The van der Waals surface area contributed by atoms with Gasteiger partial charge in [0.25, 0.3) is 0 Å². The molecule has 0 saturated carbocycles. The number of rotatable bonds is 6. The number of benzene rings is 2. The van der Waals surface area contributed by atoms with Crippen molar-refractivity contribution in [2.45, 2.75) is 63.3 Å². The van der Waals surface area contributed by atoms with E-state index in [0.717, 1.165) is 56.6 Å². The first-order valence-electron chi connectivity index (χ1n) is 12.4. The summed E-state index contributed by atoms with van der Waals surface area (Å²) in [7, 11) is 0. The monoisotopic (exact) mass is 551 g/mol. The van der Waals surface area contributed by atoms with Gasteiger partial charge in [0.05, 0.1) is 23.8 Å². The second kappa shape index (κ2) is 12.4. The minimum Gasteiger partial charge on any atom is -0.352 e. The van der Waals surface area contributed by atoms with Crippen LogP contribution >= 0.6 is 12.4 Å². The molecule has 2 aliphatic rings. The van der Waals surface area contributed by atoms with E-state index in [2.05, 4.69) is 4.90 Å². The Bertz CT molecular complexity index is 962. The molecule has 2 saturated heterocycles. The number of ether oxygens (including phenoxy) is 2. The molecule has 3 nitrogen and oxygen atoms in total. The summed E-state index contributed by atoms with van der Waals surface area (Å²) < 4.78 is 92.4. The van der Waals surface area contributed by atoms with Crippen molar-refractivity contribution in [3.05, 3.63) is 70.8 Å². The van der Waals surface area contributed by atoms with Gasteiger partial charge in [0, 0.05) is 12.5 Å². The van der Waals surface area contributed by atoms with E-state index in [1.807, 2.05) is 30.3 Å². The highest BCUT2D eigenvalue weighted by Crippen LogP contribution is 2.41. The number of likely N-dealkylation sites (tertiary alicyclic amines) is 1. The van der Waals surface area contributed by atoms with E-state index in [1.165, 1.54) is 13.3 Å². The molecule has 2 aromatic rings. The summed E-state index contributed by atoms with van der Waals surface area (Å²) in [6, 6.07) is 11.2. The van der Waals surface area contributed by atoms with Gasteiger partial charge in [0.15, 0.2) is 6.29 Å². The van der Waals surface area contributed by atoms with E-state index in [4.69, 9.17) is 9.47 Å². The Labute approximate surface area is 219 Å². The quantitative estimate of drug-likeness (QED) is 0.341. The van der Waals surface area contributed by atoms with Crippen molar-refractivity contribution in [1.82, 2.24) is 4.90 Å². The van der Waals surface area contributed by atoms with E-state index in [-0.39, 0.29) is 35.9 Å². The van der Waals surface area contributed by atoms with Gasteiger partial charge >= 0.3 is 12.4 Å². The molecule has 0 aliphatic carbocycles. The van der Waals surface area contributed by atoms with Crippen LogP contribution < -0.4 is 0 Å². The van der Waals surface area contributed by atoms with E-state index in [0.29, 0.717) is 6.61 Å². The summed E-state index contributed by atoms with van der Waals surface area (Å²) >= 11 is 0. The molecule has 4 atom stereocenters. The molecule has 2 fully saturated rings. The molecule has 0 bridgehead atoms. The summed E-state index contributed by atoms with van der Waals surface area (Å²) in [6.07, 6.45) is -7.36. The summed E-state index contributed by atoms with van der Waals surface area (Å²) in [5.41, 5.74) is -1.91. The summed E-state index contributed by atoms with van der Waals surface area (Å²) in [5, 5.41) is 0. The molecular weight excluding hydrogens is 520 g/mol. The molecule has 0 unspecified atom stereocenters. The van der Waals surface area contributed by atoms with Gasteiger partial charge in [0.1, 0.15) is 0 Å². The summed E-state index contributed by atoms with van der Waals surface area (Å²) in [5.74, 6) is -0.0130. The molecule has 2 aliphatic heterocycles. The van der Waals surface area contributed by atoms with Crippen molar-refractivity contribution in [3.8, 4) is 0 Å². The van der Waals surface area contributed by atoms with Crippen molar-refractivity contribution in [2.24, 2.45) is 5.92 Å². The molecule has 0 radical (unpaired) electrons. The lowest BCUT2D eigenvalue weighted by Gasteiger charge is -2.42. The van der Waals surface area contributed by atoms with E-state index in [9.17, 15) is 26.3 Å². The van der Waals surface area contributed by atoms with Crippen molar-refractivity contribution >= 4 is 12.4 Å². The van der Waals surface area contributed by atoms with Crippen LogP contribution in [0.1, 0.15) is 66.9 Å². The zero-order valence-corrected chi connectivity index (χ0v) is 21.3. The standard InChI is InChI=1S/C27H31F6NO2.ClH/c1-18(21-14-22(26(28,29)30)16-23(15-21)27(31,32)33)36-25-24(19-8-4-2-5-9-19)20(10-13-35-25)17-34-11-6-3-7-12-34;/h2,4-5,8-9,14-16,18,20,24-25H,3,6-7,10-13,17H2,1H3;1H/t18-,20-,24-,25-;/m1./s1. The van der Waals surface area contributed by atoms with Gasteiger partial charge in [-0.1, -0.05) is 36.8 Å². The van der Waals surface area contributed by atoms with Gasteiger partial charge in [-0.25, -0.2) is 0 Å². The third-order valence-corrected chi connectivity index (χ3v) is 7.12. The highest BCUT2D eigenvalue weighted by molar-refractivity contribution is 5.85. The highest BCUT2D eigenvalue weighted by atomic mass is 35.5. The minimum atomic E-state index is -4.91. The largest absolute Gasteiger partial charge is 0.416 e. The number of hydrogen-bond acceptors (Lipinski definition) is 3. The van der Waals surface area contributed by atoms with Gasteiger partial charge < -0.3 is 14.4 Å². The molecule has 37 heavy (non-hydrogen) atoms. The van der Waals surface area contributed by atoms with Gasteiger partial charge in [-0.05, 0) is 74.5 Å². The Morgan fingerprint density at radius 1 is 0.919 bits per heavy atom. The van der Waals surface area contributed by atoms with Crippen LogP contribution in [0, 0.1) is 5.92 Å². The Hall–Kier alpha value is -1.81. The topological polar surface area (TPSA) is 21.7 Å². The lowest BCUT2D eigenvalue weighted by Crippen LogP contribution is -2.43. The van der Waals surface area contributed by atoms with Crippen LogP contribution in [0.3, 0.4) is 0 Å². The van der Waals surface area contributed by atoms with Crippen molar-refractivity contribution < 1.29 is 35.8 Å². The van der Waals surface area contributed by atoms with E-state index < -0.39 is 35.9 Å². The zero-order chi connectivity index (χ0) is 25.9. The van der Waals surface area contributed by atoms with Crippen molar-refractivity contribution in [2.75, 3.05) is 26.2 Å². The maximum absolute atomic E-state index is 13.4. The van der Waals surface area contributed by atoms with Gasteiger partial charge in [-0.2, -0.15) is 26.3 Å². The second-order valence-corrected chi connectivity index (χ2v) is 9.70. The Kier molecular flexibility index (Phi) is 9.94. The second-order valence-electron chi connectivity index (χ2n) is 9.70. The number of alkyl halides is 6. The van der Waals surface area contributed by atoms with Gasteiger partial charge in [-0.3, -0.25) is 0 Å². The first kappa shape index (κ1) is 29.7. The van der Waals surface area contributed by atoms with Crippen LogP contribution in [0.25, 0.3) is 0 Å². The molecule has 4 rings (SSSR count). The Balaban J connectivity index is 0.00000380. The first-order chi connectivity index (χ1) is 17.0. The van der Waals surface area contributed by atoms with Crippen LogP contribution in [0.15, 0.2) is 48.5 Å². The van der Waals surface area contributed by atoms with Crippen LogP contribution in [0.5, 0.6) is 0 Å². The highest BCUT2D eigenvalue weighted by Gasteiger charge is 2.40. The number of nitrogens with zero attached hydrogens (tertiary/aromatic N) is 1. The predicted molar refractivity (Wildman–Crippen MR) is 131 cm³/mol. The molecule has 0 amide bonds. The number of hydrogen-bond donors (Lipinski definition) is 0. The SMILES string of the molecule is C[C@@H](O[C@H]1OCC[C@H](CN2CCCCC2)[C@H]1c1ccccc1)c1cc(C(F)(F)F)cc(C(F)(F)F)c1.Cl. The summed E-state index contributed by atoms with van der Waals surface area (Å²) in [6.45, 7) is 4.76. The minimum absolute atomic E-state index is 0. The van der Waals surface area contributed by atoms with Crippen molar-refractivity contribution in [1.29, 1.82) is 0 Å². The fourth-order valence-corrected chi connectivity index (χ4v) is 5.24. The first-order valence-corrected chi connectivity index (χ1v) is 12.4. The van der Waals surface area contributed by atoms with Crippen LogP contribution in [-0.4, -0.2) is 37.4 Å². The van der Waals surface area contributed by atoms with Crippen LogP contribution in [-0.2, 0) is 21.8 Å². The normalized spacial score (nSPS) is 24.4. The maximum Gasteiger partial charge on any atom is 0.416 e. The smallest absolute Gasteiger partial charge is 0.352 e. The summed E-state index contributed by atoms with van der Waals surface area (Å²) in [4.78, 5) is 2.43. The molecule has 206 valence electrons.